The van der Waals surface area contributed by atoms with E-state index in [-0.39, 0.29) is 33.2 Å². The average molecular weight is 805 g/mol. The van der Waals surface area contributed by atoms with Crippen molar-refractivity contribution < 1.29 is 19.7 Å². The van der Waals surface area contributed by atoms with Gasteiger partial charge in [0.1, 0.15) is 23.0 Å². The summed E-state index contributed by atoms with van der Waals surface area (Å²) in [6.07, 6.45) is 1.70. The number of phenols is 2. The Kier molecular flexibility index (Phi) is 12.7. The maximum Gasteiger partial charge on any atom is 0.147 e. The largest absolute Gasteiger partial charge is 0.506 e. The molecule has 1 aliphatic rings. The maximum atomic E-state index is 12.3. The van der Waals surface area contributed by atoms with Crippen LogP contribution < -0.4 is 9.47 Å². The second-order valence-electron chi connectivity index (χ2n) is 18.4. The number of hydrogen-bond donors (Lipinski definition) is 2. The zero-order chi connectivity index (χ0) is 40.0. The van der Waals surface area contributed by atoms with E-state index in [9.17, 15) is 10.2 Å². The van der Waals surface area contributed by atoms with Gasteiger partial charge in [0.2, 0.25) is 0 Å². The van der Waals surface area contributed by atoms with Gasteiger partial charge in [0, 0.05) is 0 Å². The molecule has 4 aromatic rings. The fourth-order valence-electron chi connectivity index (χ4n) is 5.83. The van der Waals surface area contributed by atoms with Crippen LogP contribution >= 0.6 is 47.0 Å². The van der Waals surface area contributed by atoms with Crippen LogP contribution in [0.2, 0.25) is 0 Å². The normalized spacial score (nSPS) is 13.9. The molecular formula is C46H60O4S4. The molecule has 0 radical (unpaired) electrons. The highest BCUT2D eigenvalue weighted by Crippen LogP contribution is 2.56. The molecule has 8 bridgehead atoms. The van der Waals surface area contributed by atoms with Crippen LogP contribution in [0.15, 0.2) is 87.7 Å². The molecule has 1 heterocycles. The number of fused-ring (bicyclic) bond motifs is 8. The van der Waals surface area contributed by atoms with Crippen molar-refractivity contribution in [3.63, 3.8) is 0 Å². The van der Waals surface area contributed by atoms with Crippen molar-refractivity contribution in [2.75, 3.05) is 13.2 Å². The van der Waals surface area contributed by atoms with Gasteiger partial charge in [-0.05, 0) is 105 Å². The Balaban J connectivity index is 1.95. The molecule has 4 nitrogen and oxygen atoms in total. The van der Waals surface area contributed by atoms with Crippen molar-refractivity contribution in [1.82, 2.24) is 0 Å². The Labute approximate surface area is 342 Å². The first kappa shape index (κ1) is 42.6. The zero-order valence-electron chi connectivity index (χ0n) is 34.8. The second-order valence-corrected chi connectivity index (χ2v) is 22.7. The second kappa shape index (κ2) is 16.1. The van der Waals surface area contributed by atoms with Crippen LogP contribution in [-0.2, 0) is 21.7 Å². The number of benzene rings is 4. The lowest BCUT2D eigenvalue weighted by atomic mass is 9.87. The van der Waals surface area contributed by atoms with E-state index in [2.05, 4.69) is 145 Å². The van der Waals surface area contributed by atoms with Crippen molar-refractivity contribution >= 4 is 47.0 Å². The lowest BCUT2D eigenvalue weighted by molar-refractivity contribution is 0.302. The third-order valence-corrected chi connectivity index (χ3v) is 13.6. The quantitative estimate of drug-likeness (QED) is 0.176. The van der Waals surface area contributed by atoms with Gasteiger partial charge in [-0.2, -0.15) is 0 Å². The number of phenolic OH excluding ortho intramolecular Hbond substituents is 2. The fourth-order valence-corrected chi connectivity index (χ4v) is 10.4. The Morgan fingerprint density at radius 1 is 0.389 bits per heavy atom. The Morgan fingerprint density at radius 2 is 0.593 bits per heavy atom. The molecule has 292 valence electrons. The molecule has 0 amide bonds. The summed E-state index contributed by atoms with van der Waals surface area (Å²) in [4.78, 5) is 6.85. The van der Waals surface area contributed by atoms with Crippen LogP contribution in [0, 0.1) is 0 Å². The van der Waals surface area contributed by atoms with E-state index in [1.165, 1.54) is 0 Å². The van der Waals surface area contributed by atoms with E-state index in [1.807, 2.05) is 0 Å². The van der Waals surface area contributed by atoms with Gasteiger partial charge in [-0.15, -0.1) is 0 Å². The highest BCUT2D eigenvalue weighted by Gasteiger charge is 2.29. The predicted molar refractivity (Wildman–Crippen MR) is 232 cm³/mol. The molecule has 0 saturated carbocycles. The van der Waals surface area contributed by atoms with Crippen LogP contribution in [0.25, 0.3) is 0 Å². The van der Waals surface area contributed by atoms with E-state index in [4.69, 9.17) is 9.47 Å². The minimum Gasteiger partial charge on any atom is -0.506 e. The molecule has 54 heavy (non-hydrogen) atoms. The van der Waals surface area contributed by atoms with Gasteiger partial charge in [-0.25, -0.2) is 0 Å². The summed E-state index contributed by atoms with van der Waals surface area (Å²) < 4.78 is 13.3. The summed E-state index contributed by atoms with van der Waals surface area (Å²) >= 11 is 6.21. The van der Waals surface area contributed by atoms with Gasteiger partial charge in [0.15, 0.2) is 0 Å². The third-order valence-electron chi connectivity index (χ3n) is 9.37. The van der Waals surface area contributed by atoms with Crippen molar-refractivity contribution in [1.29, 1.82) is 0 Å². The third kappa shape index (κ3) is 9.70. The van der Waals surface area contributed by atoms with Crippen LogP contribution in [0.3, 0.4) is 0 Å². The van der Waals surface area contributed by atoms with Crippen LogP contribution in [-0.4, -0.2) is 23.4 Å². The van der Waals surface area contributed by atoms with Crippen molar-refractivity contribution in [2.45, 2.75) is 171 Å². The van der Waals surface area contributed by atoms with E-state index in [1.54, 1.807) is 47.0 Å². The molecule has 4 aromatic carbocycles. The number of hydrogen-bond acceptors (Lipinski definition) is 8. The minimum atomic E-state index is -0.171. The fraction of sp³-hybridized carbons (Fsp3) is 0.478. The van der Waals surface area contributed by atoms with Gasteiger partial charge in [0.05, 0.1) is 52.4 Å². The molecule has 2 N–H and O–H groups in total. The standard InChI is InChI=1S/C46H60O4S4/c1-15-17-49-41-35-23-29(45(9,10)11)24-36(41)52-32-20-28(44(6,7)8)22-34(40(32)48)54-38-26-30(46(12,13)14)25-37(42(38)50-18-16-2)53-33-21-27(43(3,4)5)19-31(51-35)39(33)47/h19-26,47-48H,15-18H2,1-14H3. The highest BCUT2D eigenvalue weighted by molar-refractivity contribution is 8.01. The van der Waals surface area contributed by atoms with Crippen LogP contribution in [0.5, 0.6) is 23.0 Å². The molecule has 0 atom stereocenters. The van der Waals surface area contributed by atoms with Crippen LogP contribution in [0.4, 0.5) is 0 Å². The topological polar surface area (TPSA) is 58.9 Å². The Morgan fingerprint density at radius 3 is 0.778 bits per heavy atom. The van der Waals surface area contributed by atoms with E-state index in [0.29, 0.717) is 13.2 Å². The van der Waals surface area contributed by atoms with Crippen molar-refractivity contribution in [3.05, 3.63) is 70.8 Å². The molecular weight excluding hydrogens is 745 g/mol. The summed E-state index contributed by atoms with van der Waals surface area (Å²) in [5, 5.41) is 24.6. The summed E-state index contributed by atoms with van der Waals surface area (Å²) in [5.74, 6) is 2.03. The molecule has 0 fully saturated rings. The number of rotatable bonds is 6. The van der Waals surface area contributed by atoms with E-state index < -0.39 is 0 Å². The SMILES string of the molecule is CCCOc1c2cc(C(C)(C)C)cc1Sc1cc(C(C)(C)C)cc(c1O)Sc1cc(C(C)(C)C)cc(c1OCCC)Sc1cc(C(C)(C)C)cc(c1O)S2. The molecule has 0 unspecified atom stereocenters. The number of aromatic hydroxyl groups is 2. The Bertz CT molecular complexity index is 1760. The molecule has 5 rings (SSSR count). The molecule has 0 aromatic heterocycles. The lowest BCUT2D eigenvalue weighted by Crippen LogP contribution is -2.13. The van der Waals surface area contributed by atoms with E-state index in [0.717, 1.165) is 85.8 Å². The van der Waals surface area contributed by atoms with Crippen molar-refractivity contribution in [2.24, 2.45) is 0 Å². The van der Waals surface area contributed by atoms with Gasteiger partial charge in [-0.1, -0.05) is 144 Å². The smallest absolute Gasteiger partial charge is 0.147 e. The first-order valence-electron chi connectivity index (χ1n) is 19.1. The molecule has 0 spiro atoms. The summed E-state index contributed by atoms with van der Waals surface area (Å²) in [7, 11) is 0. The first-order valence-corrected chi connectivity index (χ1v) is 22.4. The lowest BCUT2D eigenvalue weighted by Gasteiger charge is -2.27. The number of ether oxygens (including phenoxy) is 2. The van der Waals surface area contributed by atoms with Gasteiger partial charge >= 0.3 is 0 Å². The molecule has 0 aliphatic carbocycles. The minimum absolute atomic E-state index is 0.163. The summed E-state index contributed by atoms with van der Waals surface area (Å²) in [6.45, 7) is 32.0. The monoisotopic (exact) mass is 804 g/mol. The maximum absolute atomic E-state index is 12.3. The highest BCUT2D eigenvalue weighted by atomic mass is 32.2. The average Bonchev–Trinajstić information content (AvgIpc) is 3.04. The van der Waals surface area contributed by atoms with Gasteiger partial charge in [0.25, 0.3) is 0 Å². The zero-order valence-corrected chi connectivity index (χ0v) is 38.1. The Hall–Kier alpha value is -2.52. The van der Waals surface area contributed by atoms with E-state index >= 15 is 0 Å². The van der Waals surface area contributed by atoms with Gasteiger partial charge < -0.3 is 19.7 Å². The molecule has 8 heteroatoms. The van der Waals surface area contributed by atoms with Crippen molar-refractivity contribution in [3.8, 4) is 23.0 Å². The van der Waals surface area contributed by atoms with Crippen LogP contribution in [0.1, 0.15) is 132 Å². The predicted octanol–water partition coefficient (Wildman–Crippen LogP) is 14.8. The first-order chi connectivity index (χ1) is 25.0. The summed E-state index contributed by atoms with van der Waals surface area (Å²) in [5.41, 5.74) is 3.91. The van der Waals surface area contributed by atoms with Gasteiger partial charge in [-0.3, -0.25) is 0 Å². The summed E-state index contributed by atoms with van der Waals surface area (Å²) in [6, 6.07) is 17.4. The molecule has 0 saturated heterocycles. The molecule has 1 aliphatic heterocycles.